The maximum atomic E-state index is 5.85. The van der Waals surface area contributed by atoms with Crippen LogP contribution in [-0.4, -0.2) is 68.3 Å². The number of piperazine rings is 1. The summed E-state index contributed by atoms with van der Waals surface area (Å²) >= 11 is 0. The van der Waals surface area contributed by atoms with Crippen molar-refractivity contribution >= 4 is 5.69 Å². The fraction of sp³-hybridized carbons (Fsp3) is 0.421. The maximum absolute atomic E-state index is 5.85. The van der Waals surface area contributed by atoms with Gasteiger partial charge in [0, 0.05) is 51.1 Å². The molecule has 0 spiro atoms. The lowest BCUT2D eigenvalue weighted by Gasteiger charge is -2.32. The van der Waals surface area contributed by atoms with E-state index in [1.54, 1.807) is 43.6 Å². The van der Waals surface area contributed by atoms with Crippen LogP contribution in [0.2, 0.25) is 0 Å². The molecule has 0 aliphatic carbocycles. The molecule has 0 unspecified atom stereocenters. The molecule has 1 fully saturated rings. The largest absolute Gasteiger partial charge is 0.494 e. The summed E-state index contributed by atoms with van der Waals surface area (Å²) in [5, 5.41) is 0. The Morgan fingerprint density at radius 1 is 1.08 bits per heavy atom. The van der Waals surface area contributed by atoms with Gasteiger partial charge in [0.15, 0.2) is 0 Å². The zero-order chi connectivity index (χ0) is 18.4. The van der Waals surface area contributed by atoms with Crippen molar-refractivity contribution < 1.29 is 14.2 Å². The summed E-state index contributed by atoms with van der Waals surface area (Å²) in [5.74, 6) is 2.44. The van der Waals surface area contributed by atoms with E-state index in [0.717, 1.165) is 32.7 Å². The van der Waals surface area contributed by atoms with Crippen LogP contribution in [0.5, 0.6) is 23.1 Å². The van der Waals surface area contributed by atoms with Crippen molar-refractivity contribution in [3.63, 3.8) is 0 Å². The molecular weight excluding hydrogens is 332 g/mol. The Balaban J connectivity index is 1.53. The highest BCUT2D eigenvalue weighted by Crippen LogP contribution is 2.30. The fourth-order valence-corrected chi connectivity index (χ4v) is 2.78. The van der Waals surface area contributed by atoms with Gasteiger partial charge in [-0.2, -0.15) is 0 Å². The zero-order valence-corrected chi connectivity index (χ0v) is 15.4. The number of rotatable bonds is 7. The molecule has 7 nitrogen and oxygen atoms in total. The standard InChI is InChI=1S/C19H26N4O3/c1-22-7-9-23(10-8-22)11-12-25-19-14-16(5-6-21-19)26-15-3-4-17(20)18(13-15)24-2/h3-6,13-14H,7-12,20H2,1-2H3. The minimum atomic E-state index is 0.555. The van der Waals surface area contributed by atoms with E-state index >= 15 is 0 Å². The number of ether oxygens (including phenoxy) is 3. The number of hydrogen-bond acceptors (Lipinski definition) is 7. The molecule has 0 saturated carbocycles. The topological polar surface area (TPSA) is 73.1 Å². The Morgan fingerprint density at radius 2 is 1.85 bits per heavy atom. The van der Waals surface area contributed by atoms with E-state index < -0.39 is 0 Å². The summed E-state index contributed by atoms with van der Waals surface area (Å²) < 4.78 is 16.9. The van der Waals surface area contributed by atoms with Crippen LogP contribution in [0.25, 0.3) is 0 Å². The molecule has 2 aromatic rings. The van der Waals surface area contributed by atoms with Crippen LogP contribution in [0.1, 0.15) is 0 Å². The number of benzene rings is 1. The van der Waals surface area contributed by atoms with Crippen molar-refractivity contribution in [3.05, 3.63) is 36.5 Å². The number of likely N-dealkylation sites (N-methyl/N-ethyl adjacent to an activating group) is 1. The summed E-state index contributed by atoms with van der Waals surface area (Å²) in [6.45, 7) is 5.87. The first-order valence-corrected chi connectivity index (χ1v) is 8.75. The van der Waals surface area contributed by atoms with E-state index in [9.17, 15) is 0 Å². The van der Waals surface area contributed by atoms with Crippen molar-refractivity contribution in [3.8, 4) is 23.1 Å². The van der Waals surface area contributed by atoms with E-state index in [1.165, 1.54) is 0 Å². The van der Waals surface area contributed by atoms with Crippen LogP contribution < -0.4 is 19.9 Å². The van der Waals surface area contributed by atoms with Gasteiger partial charge < -0.3 is 24.8 Å². The lowest BCUT2D eigenvalue weighted by Crippen LogP contribution is -2.45. The normalized spacial score (nSPS) is 15.6. The minimum absolute atomic E-state index is 0.555. The van der Waals surface area contributed by atoms with Crippen LogP contribution in [-0.2, 0) is 0 Å². The van der Waals surface area contributed by atoms with Crippen LogP contribution in [0, 0.1) is 0 Å². The highest BCUT2D eigenvalue weighted by atomic mass is 16.5. The Hall–Kier alpha value is -2.51. The van der Waals surface area contributed by atoms with E-state index in [1.807, 2.05) is 0 Å². The molecule has 0 radical (unpaired) electrons. The van der Waals surface area contributed by atoms with Gasteiger partial charge in [0.25, 0.3) is 0 Å². The summed E-state index contributed by atoms with van der Waals surface area (Å²) in [7, 11) is 3.73. The summed E-state index contributed by atoms with van der Waals surface area (Å²) in [6.07, 6.45) is 1.68. The van der Waals surface area contributed by atoms with E-state index in [4.69, 9.17) is 19.9 Å². The minimum Gasteiger partial charge on any atom is -0.494 e. The number of nitrogen functional groups attached to an aromatic ring is 1. The number of anilines is 1. The SMILES string of the molecule is COc1cc(Oc2ccnc(OCCN3CCN(C)CC3)c2)ccc1N. The number of hydrogen-bond donors (Lipinski definition) is 1. The van der Waals surface area contributed by atoms with Crippen LogP contribution >= 0.6 is 0 Å². The fourth-order valence-electron chi connectivity index (χ4n) is 2.78. The average molecular weight is 358 g/mol. The third-order valence-electron chi connectivity index (χ3n) is 4.40. The van der Waals surface area contributed by atoms with Crippen molar-refractivity contribution in [1.82, 2.24) is 14.8 Å². The number of pyridine rings is 1. The second-order valence-corrected chi connectivity index (χ2v) is 6.33. The molecule has 1 aliphatic heterocycles. The van der Waals surface area contributed by atoms with Gasteiger partial charge in [0.05, 0.1) is 12.8 Å². The highest BCUT2D eigenvalue weighted by molar-refractivity contribution is 5.56. The van der Waals surface area contributed by atoms with Crippen LogP contribution in [0.4, 0.5) is 5.69 Å². The molecule has 1 aliphatic rings. The van der Waals surface area contributed by atoms with E-state index in [0.29, 0.717) is 35.4 Å². The lowest BCUT2D eigenvalue weighted by molar-refractivity contribution is 0.132. The zero-order valence-electron chi connectivity index (χ0n) is 15.4. The summed E-state index contributed by atoms with van der Waals surface area (Å²) in [5.41, 5.74) is 6.40. The van der Waals surface area contributed by atoms with Gasteiger partial charge in [-0.05, 0) is 25.2 Å². The number of nitrogens with two attached hydrogens (primary N) is 1. The number of aromatic nitrogens is 1. The molecule has 1 aromatic heterocycles. The molecule has 1 aromatic carbocycles. The van der Waals surface area contributed by atoms with Gasteiger partial charge in [0.1, 0.15) is 23.9 Å². The summed E-state index contributed by atoms with van der Waals surface area (Å²) in [6, 6.07) is 8.88. The monoisotopic (exact) mass is 358 g/mol. The molecule has 7 heteroatoms. The Bertz CT molecular complexity index is 718. The van der Waals surface area contributed by atoms with Gasteiger partial charge in [-0.1, -0.05) is 0 Å². The van der Waals surface area contributed by atoms with Crippen LogP contribution in [0.3, 0.4) is 0 Å². The predicted octanol–water partition coefficient (Wildman–Crippen LogP) is 2.09. The van der Waals surface area contributed by atoms with Gasteiger partial charge in [-0.3, -0.25) is 4.90 Å². The van der Waals surface area contributed by atoms with Gasteiger partial charge in [0.2, 0.25) is 5.88 Å². The van der Waals surface area contributed by atoms with Crippen molar-refractivity contribution in [1.29, 1.82) is 0 Å². The number of methoxy groups -OCH3 is 1. The molecule has 26 heavy (non-hydrogen) atoms. The third-order valence-corrected chi connectivity index (χ3v) is 4.40. The number of nitrogens with zero attached hydrogens (tertiary/aromatic N) is 3. The Morgan fingerprint density at radius 3 is 2.62 bits per heavy atom. The lowest BCUT2D eigenvalue weighted by atomic mass is 10.3. The molecule has 0 bridgehead atoms. The Labute approximate surface area is 154 Å². The first kappa shape index (κ1) is 18.3. The third kappa shape index (κ3) is 5.00. The highest BCUT2D eigenvalue weighted by Gasteiger charge is 2.13. The van der Waals surface area contributed by atoms with E-state index in [-0.39, 0.29) is 0 Å². The van der Waals surface area contributed by atoms with E-state index in [2.05, 4.69) is 21.8 Å². The molecule has 1 saturated heterocycles. The predicted molar refractivity (Wildman–Crippen MR) is 101 cm³/mol. The molecule has 3 rings (SSSR count). The smallest absolute Gasteiger partial charge is 0.217 e. The molecular formula is C19H26N4O3. The van der Waals surface area contributed by atoms with Gasteiger partial charge in [-0.15, -0.1) is 0 Å². The van der Waals surface area contributed by atoms with Crippen molar-refractivity contribution in [2.24, 2.45) is 0 Å². The second-order valence-electron chi connectivity index (χ2n) is 6.33. The van der Waals surface area contributed by atoms with Gasteiger partial charge >= 0.3 is 0 Å². The van der Waals surface area contributed by atoms with Crippen LogP contribution in [0.15, 0.2) is 36.5 Å². The first-order chi connectivity index (χ1) is 12.6. The molecule has 0 atom stereocenters. The Kier molecular flexibility index (Phi) is 6.14. The first-order valence-electron chi connectivity index (χ1n) is 8.75. The van der Waals surface area contributed by atoms with Crippen molar-refractivity contribution in [2.75, 3.05) is 59.2 Å². The van der Waals surface area contributed by atoms with Crippen molar-refractivity contribution in [2.45, 2.75) is 0 Å². The molecule has 140 valence electrons. The maximum Gasteiger partial charge on any atom is 0.217 e. The molecule has 2 heterocycles. The molecule has 2 N–H and O–H groups in total. The summed E-state index contributed by atoms with van der Waals surface area (Å²) in [4.78, 5) is 8.99. The second kappa shape index (κ2) is 8.73. The quantitative estimate of drug-likeness (QED) is 0.760. The average Bonchev–Trinajstić information content (AvgIpc) is 2.65. The van der Waals surface area contributed by atoms with Gasteiger partial charge in [-0.25, -0.2) is 4.98 Å². The molecule has 0 amide bonds.